The molecule has 0 saturated carbocycles. The van der Waals surface area contributed by atoms with Gasteiger partial charge in [0.15, 0.2) is 0 Å². The summed E-state index contributed by atoms with van der Waals surface area (Å²) in [7, 11) is 5.66. The summed E-state index contributed by atoms with van der Waals surface area (Å²) in [6.45, 7) is 5.49. The molecule has 4 heterocycles. The van der Waals surface area contributed by atoms with Crippen molar-refractivity contribution in [1.82, 2.24) is 34.9 Å². The van der Waals surface area contributed by atoms with Crippen molar-refractivity contribution in [2.24, 2.45) is 0 Å². The highest BCUT2D eigenvalue weighted by Gasteiger charge is 2.19. The normalized spacial score (nSPS) is 11.0. The number of aromatic amines is 1. The fraction of sp³-hybridized carbons (Fsp3) is 0.417. The average Bonchev–Trinajstić information content (AvgIpc) is 3.48. The molecule has 0 atom stereocenters. The van der Waals surface area contributed by atoms with Crippen LogP contribution >= 0.6 is 0 Å². The molecule has 4 rings (SSSR count). The lowest BCUT2D eigenvalue weighted by molar-refractivity contribution is 0.481. The number of hydrogen-bond donors (Lipinski definition) is 4. The Labute approximate surface area is 221 Å². The number of nitrogen functional groups attached to an aromatic ring is 2. The van der Waals surface area contributed by atoms with Crippen molar-refractivity contribution in [3.8, 4) is 0 Å². The van der Waals surface area contributed by atoms with Crippen LogP contribution in [0.2, 0.25) is 0 Å². The Bertz CT molecular complexity index is 1330. The van der Waals surface area contributed by atoms with E-state index >= 15 is 0 Å². The number of aryl methyl sites for hydroxylation is 2. The van der Waals surface area contributed by atoms with Crippen LogP contribution in [0.4, 0.5) is 35.7 Å². The maximum Gasteiger partial charge on any atom is 0.233 e. The van der Waals surface area contributed by atoms with Gasteiger partial charge >= 0.3 is 0 Å². The third-order valence-corrected chi connectivity index (χ3v) is 5.67. The van der Waals surface area contributed by atoms with Gasteiger partial charge in [-0.3, -0.25) is 0 Å². The predicted molar refractivity (Wildman–Crippen MR) is 148 cm³/mol. The van der Waals surface area contributed by atoms with Crippen molar-refractivity contribution in [2.45, 2.75) is 26.7 Å². The molecule has 4 aromatic heterocycles. The quantitative estimate of drug-likeness (QED) is 0.198. The van der Waals surface area contributed by atoms with Crippen molar-refractivity contribution >= 4 is 35.7 Å². The number of nitrogens with two attached hydrogens (primary N) is 2. The first-order valence-corrected chi connectivity index (χ1v) is 12.3. The monoisotopic (exact) mass is 521 g/mol. The van der Waals surface area contributed by atoms with Crippen LogP contribution in [0.15, 0.2) is 28.7 Å². The largest absolute Gasteiger partial charge is 0.466 e. The molecule has 0 aromatic carbocycles. The number of aromatic nitrogens is 7. The molecule has 0 radical (unpaired) electrons. The molecular formula is C24H35N13O. The van der Waals surface area contributed by atoms with E-state index in [0.29, 0.717) is 50.0 Å². The van der Waals surface area contributed by atoms with Gasteiger partial charge in [-0.2, -0.15) is 29.9 Å². The smallest absolute Gasteiger partial charge is 0.233 e. The minimum atomic E-state index is 0.0489. The number of nitrogens with zero attached hydrogens (tertiary/aromatic N) is 9. The molecule has 202 valence electrons. The summed E-state index contributed by atoms with van der Waals surface area (Å²) in [5, 5.41) is 3.31. The van der Waals surface area contributed by atoms with Crippen LogP contribution < -0.4 is 31.5 Å². The zero-order valence-electron chi connectivity index (χ0n) is 22.4. The maximum absolute atomic E-state index is 5.86. The third-order valence-electron chi connectivity index (χ3n) is 5.67. The van der Waals surface area contributed by atoms with E-state index in [9.17, 15) is 0 Å². The molecule has 0 bridgehead atoms. The molecule has 0 saturated heterocycles. The summed E-state index contributed by atoms with van der Waals surface area (Å²) >= 11 is 0. The molecule has 38 heavy (non-hydrogen) atoms. The molecular weight excluding hydrogens is 486 g/mol. The molecule has 0 amide bonds. The fourth-order valence-corrected chi connectivity index (χ4v) is 3.78. The third kappa shape index (κ3) is 6.99. The van der Waals surface area contributed by atoms with Gasteiger partial charge in [0.1, 0.15) is 11.5 Å². The van der Waals surface area contributed by atoms with Crippen LogP contribution in [-0.4, -0.2) is 75.8 Å². The average molecular weight is 522 g/mol. The van der Waals surface area contributed by atoms with E-state index in [1.54, 1.807) is 0 Å². The first-order valence-electron chi connectivity index (χ1n) is 12.3. The lowest BCUT2D eigenvalue weighted by Crippen LogP contribution is -2.39. The summed E-state index contributed by atoms with van der Waals surface area (Å²) in [6.07, 6.45) is 1.43. The number of nitrogens with one attached hydrogen (secondary N) is 2. The molecule has 0 spiro atoms. The van der Waals surface area contributed by atoms with Crippen LogP contribution in [0, 0.1) is 13.8 Å². The van der Waals surface area contributed by atoms with Crippen molar-refractivity contribution in [1.29, 1.82) is 0 Å². The lowest BCUT2D eigenvalue weighted by atomic mass is 10.3. The van der Waals surface area contributed by atoms with Crippen molar-refractivity contribution in [3.05, 3.63) is 47.2 Å². The van der Waals surface area contributed by atoms with E-state index in [-0.39, 0.29) is 11.9 Å². The predicted octanol–water partition coefficient (Wildman–Crippen LogP) is 1.62. The van der Waals surface area contributed by atoms with E-state index in [4.69, 9.17) is 15.9 Å². The van der Waals surface area contributed by atoms with Crippen LogP contribution in [0.3, 0.4) is 0 Å². The van der Waals surface area contributed by atoms with Gasteiger partial charge in [0.2, 0.25) is 35.7 Å². The highest BCUT2D eigenvalue weighted by molar-refractivity contribution is 5.46. The number of furan rings is 1. The van der Waals surface area contributed by atoms with Gasteiger partial charge in [-0.25, -0.2) is 0 Å². The summed E-state index contributed by atoms with van der Waals surface area (Å²) < 4.78 is 5.74. The summed E-state index contributed by atoms with van der Waals surface area (Å²) in [4.78, 5) is 35.3. The van der Waals surface area contributed by atoms with Crippen molar-refractivity contribution in [3.63, 3.8) is 0 Å². The Morgan fingerprint density at radius 1 is 0.842 bits per heavy atom. The van der Waals surface area contributed by atoms with Crippen LogP contribution in [0.25, 0.3) is 0 Å². The standard InChI is InChI=1S/C24H35N13O/c1-15-6-8-17(28-15)10-12-27-21-32-22(35(3)4)34-23(33-21)36(5)14-37(13-11-18-9-7-16(2)38-18)24-30-19(25)29-20(26)31-24/h6-9,28H,10-14H2,1-5H3,(H,27,32,33,34)(H4,25,26,29,30,31). The minimum Gasteiger partial charge on any atom is -0.466 e. The van der Waals surface area contributed by atoms with Crippen LogP contribution in [0.5, 0.6) is 0 Å². The number of hydrogen-bond acceptors (Lipinski definition) is 13. The second kappa shape index (κ2) is 11.6. The van der Waals surface area contributed by atoms with Gasteiger partial charge < -0.3 is 40.9 Å². The van der Waals surface area contributed by atoms with Gasteiger partial charge in [-0.1, -0.05) is 0 Å². The Morgan fingerprint density at radius 2 is 1.58 bits per heavy atom. The molecule has 14 heteroatoms. The zero-order chi connectivity index (χ0) is 27.2. The Balaban J connectivity index is 1.53. The second-order valence-corrected chi connectivity index (χ2v) is 9.21. The van der Waals surface area contributed by atoms with Gasteiger partial charge in [0, 0.05) is 58.5 Å². The SMILES string of the molecule is Cc1ccc(CCNc2nc(N(C)C)nc(N(C)CN(CCc3ccc(C)o3)c3nc(N)nc(N)n3)n2)[nH]1. The molecule has 0 aliphatic heterocycles. The number of anilines is 6. The van der Waals surface area contributed by atoms with E-state index in [0.717, 1.165) is 29.3 Å². The van der Waals surface area contributed by atoms with Crippen molar-refractivity contribution < 1.29 is 4.42 Å². The molecule has 14 nitrogen and oxygen atoms in total. The fourth-order valence-electron chi connectivity index (χ4n) is 3.78. The highest BCUT2D eigenvalue weighted by Crippen LogP contribution is 2.18. The highest BCUT2D eigenvalue weighted by atomic mass is 16.3. The Kier molecular flexibility index (Phi) is 8.09. The first kappa shape index (κ1) is 26.4. The van der Waals surface area contributed by atoms with E-state index in [1.807, 2.05) is 61.8 Å². The van der Waals surface area contributed by atoms with E-state index in [1.165, 1.54) is 0 Å². The van der Waals surface area contributed by atoms with Gasteiger partial charge in [0.05, 0.1) is 6.67 Å². The van der Waals surface area contributed by atoms with Gasteiger partial charge in [-0.15, -0.1) is 0 Å². The molecule has 0 aliphatic rings. The topological polar surface area (TPSA) is 180 Å². The zero-order valence-corrected chi connectivity index (χ0v) is 22.4. The van der Waals surface area contributed by atoms with Crippen LogP contribution in [0.1, 0.15) is 22.9 Å². The van der Waals surface area contributed by atoms with Gasteiger partial charge in [-0.05, 0) is 38.1 Å². The summed E-state index contributed by atoms with van der Waals surface area (Å²) in [5.41, 5.74) is 14.0. The van der Waals surface area contributed by atoms with Gasteiger partial charge in [0.25, 0.3) is 0 Å². The molecule has 0 fully saturated rings. The minimum absolute atomic E-state index is 0.0489. The second-order valence-electron chi connectivity index (χ2n) is 9.21. The molecule has 0 unspecified atom stereocenters. The van der Waals surface area contributed by atoms with E-state index < -0.39 is 0 Å². The first-order chi connectivity index (χ1) is 18.2. The van der Waals surface area contributed by atoms with Crippen LogP contribution in [-0.2, 0) is 12.8 Å². The van der Waals surface area contributed by atoms with E-state index in [2.05, 4.69) is 52.3 Å². The lowest BCUT2D eigenvalue weighted by Gasteiger charge is -2.28. The Hall–Kier alpha value is -4.62. The van der Waals surface area contributed by atoms with Crippen molar-refractivity contribution in [2.75, 3.05) is 72.4 Å². The summed E-state index contributed by atoms with van der Waals surface area (Å²) in [5.74, 6) is 3.66. The number of H-pyrrole nitrogens is 1. The molecule has 6 N–H and O–H groups in total. The maximum atomic E-state index is 5.86. The summed E-state index contributed by atoms with van der Waals surface area (Å²) in [6, 6.07) is 8.02. The Morgan fingerprint density at radius 3 is 2.21 bits per heavy atom. The molecule has 0 aliphatic carbocycles. The number of rotatable bonds is 12. The molecule has 4 aromatic rings.